The fourth-order valence-electron chi connectivity index (χ4n) is 4.77. The van der Waals surface area contributed by atoms with Gasteiger partial charge in [-0.2, -0.15) is 0 Å². The number of hydrogen-bond donors (Lipinski definition) is 2. The van der Waals surface area contributed by atoms with Crippen LogP contribution in [0.4, 0.5) is 4.79 Å². The first kappa shape index (κ1) is 25.0. The summed E-state index contributed by atoms with van der Waals surface area (Å²) in [5, 5.41) is 3.11. The number of carbonyl (C=O) groups is 2. The molecule has 0 radical (unpaired) electrons. The third kappa shape index (κ3) is 4.85. The number of hydrogen-bond acceptors (Lipinski definition) is 4. The molecule has 3 N–H and O–H groups in total. The summed E-state index contributed by atoms with van der Waals surface area (Å²) in [5.74, 6) is -0.510. The number of rotatable bonds is 5. The Morgan fingerprint density at radius 2 is 1.73 bits per heavy atom. The molecular formula is C29H29BrN4O3. The first-order chi connectivity index (χ1) is 17.6. The standard InChI is InChI=1S/C29H29BrN4O3/c1-28(2,3)37-27(36)33-29(14-7-15-29)21-12-10-18(11-13-21)23-24(19-8-5-4-6-9-19)34-17-20(25(31)35)16-22(30)26(34)32-23/h4-6,8-13,16-17H,7,14-15H2,1-3H3,(H2,31,35)(H,33,36). The predicted molar refractivity (Wildman–Crippen MR) is 147 cm³/mol. The molecule has 1 fully saturated rings. The molecule has 0 spiro atoms. The SMILES string of the molecule is CC(C)(C)OC(=O)NC1(c2ccc(-c3nc4c(Br)cc(C(N)=O)cn4c3-c3ccccc3)cc2)CCC1. The van der Waals surface area contributed by atoms with E-state index < -0.39 is 23.1 Å². The van der Waals surface area contributed by atoms with Crippen molar-refractivity contribution in [3.8, 4) is 22.5 Å². The van der Waals surface area contributed by atoms with Crippen molar-refractivity contribution < 1.29 is 14.3 Å². The van der Waals surface area contributed by atoms with Gasteiger partial charge in [-0.1, -0.05) is 54.6 Å². The molecule has 37 heavy (non-hydrogen) atoms. The predicted octanol–water partition coefficient (Wildman–Crippen LogP) is 6.43. The topological polar surface area (TPSA) is 98.7 Å². The molecule has 7 nitrogen and oxygen atoms in total. The number of fused-ring (bicyclic) bond motifs is 1. The molecule has 8 heteroatoms. The Balaban J connectivity index is 1.57. The molecule has 2 aromatic carbocycles. The van der Waals surface area contributed by atoms with Crippen LogP contribution in [0.2, 0.25) is 0 Å². The zero-order chi connectivity index (χ0) is 26.4. The van der Waals surface area contributed by atoms with Gasteiger partial charge in [0.25, 0.3) is 0 Å². The number of alkyl carbamates (subject to hydrolysis) is 1. The Labute approximate surface area is 224 Å². The average molecular weight is 561 g/mol. The monoisotopic (exact) mass is 560 g/mol. The normalized spacial score (nSPS) is 14.7. The third-order valence-corrected chi connectivity index (χ3v) is 7.25. The van der Waals surface area contributed by atoms with Gasteiger partial charge in [-0.25, -0.2) is 9.78 Å². The lowest BCUT2D eigenvalue weighted by molar-refractivity contribution is 0.0377. The first-order valence-electron chi connectivity index (χ1n) is 12.3. The minimum absolute atomic E-state index is 0.385. The highest BCUT2D eigenvalue weighted by Crippen LogP contribution is 2.43. The van der Waals surface area contributed by atoms with Gasteiger partial charge >= 0.3 is 6.09 Å². The number of nitrogens with two attached hydrogens (primary N) is 1. The van der Waals surface area contributed by atoms with Crippen LogP contribution in [0.15, 0.2) is 71.3 Å². The van der Waals surface area contributed by atoms with E-state index in [1.807, 2.05) is 67.6 Å². The van der Waals surface area contributed by atoms with Crippen molar-refractivity contribution in [1.82, 2.24) is 14.7 Å². The summed E-state index contributed by atoms with van der Waals surface area (Å²) in [4.78, 5) is 29.5. The van der Waals surface area contributed by atoms with E-state index in [4.69, 9.17) is 15.5 Å². The molecule has 0 bridgehead atoms. The Kier molecular flexibility index (Phi) is 6.31. The van der Waals surface area contributed by atoms with Crippen LogP contribution in [-0.4, -0.2) is 27.0 Å². The second-order valence-electron chi connectivity index (χ2n) is 10.4. The van der Waals surface area contributed by atoms with E-state index in [1.54, 1.807) is 12.3 Å². The number of aromatic nitrogens is 2. The van der Waals surface area contributed by atoms with Crippen LogP contribution < -0.4 is 11.1 Å². The quantitative estimate of drug-likeness (QED) is 0.293. The van der Waals surface area contributed by atoms with Crippen LogP contribution in [0.25, 0.3) is 28.2 Å². The lowest BCUT2D eigenvalue weighted by Gasteiger charge is -2.43. The maximum absolute atomic E-state index is 12.6. The van der Waals surface area contributed by atoms with Crippen molar-refractivity contribution in [1.29, 1.82) is 0 Å². The van der Waals surface area contributed by atoms with Crippen molar-refractivity contribution in [2.24, 2.45) is 5.73 Å². The molecule has 2 heterocycles. The third-order valence-electron chi connectivity index (χ3n) is 6.67. The summed E-state index contributed by atoms with van der Waals surface area (Å²) in [7, 11) is 0. The fourth-order valence-corrected chi connectivity index (χ4v) is 5.30. The number of nitrogens with zero attached hydrogens (tertiary/aromatic N) is 2. The van der Waals surface area contributed by atoms with Crippen LogP contribution in [0.3, 0.4) is 0 Å². The molecule has 0 unspecified atom stereocenters. The van der Waals surface area contributed by atoms with E-state index in [1.165, 1.54) is 0 Å². The van der Waals surface area contributed by atoms with Crippen molar-refractivity contribution in [2.75, 3.05) is 0 Å². The maximum Gasteiger partial charge on any atom is 0.408 e. The summed E-state index contributed by atoms with van der Waals surface area (Å²) >= 11 is 3.56. The second-order valence-corrected chi connectivity index (χ2v) is 11.3. The number of amides is 2. The van der Waals surface area contributed by atoms with E-state index in [2.05, 4.69) is 33.4 Å². The second kappa shape index (κ2) is 9.34. The minimum Gasteiger partial charge on any atom is -0.444 e. The largest absolute Gasteiger partial charge is 0.444 e. The van der Waals surface area contributed by atoms with Gasteiger partial charge in [-0.3, -0.25) is 9.20 Å². The van der Waals surface area contributed by atoms with Gasteiger partial charge in [0.05, 0.1) is 27.0 Å². The smallest absolute Gasteiger partial charge is 0.408 e. The highest BCUT2D eigenvalue weighted by Gasteiger charge is 2.41. The number of halogens is 1. The van der Waals surface area contributed by atoms with E-state index >= 15 is 0 Å². The molecule has 0 saturated heterocycles. The van der Waals surface area contributed by atoms with Crippen molar-refractivity contribution in [2.45, 2.75) is 51.2 Å². The number of benzene rings is 2. The highest BCUT2D eigenvalue weighted by molar-refractivity contribution is 9.10. The van der Waals surface area contributed by atoms with Crippen LogP contribution >= 0.6 is 15.9 Å². The van der Waals surface area contributed by atoms with Gasteiger partial charge < -0.3 is 15.8 Å². The van der Waals surface area contributed by atoms with Gasteiger partial charge in [-0.15, -0.1) is 0 Å². The molecule has 190 valence electrons. The first-order valence-corrected chi connectivity index (χ1v) is 13.0. The lowest BCUT2D eigenvalue weighted by atomic mass is 9.71. The van der Waals surface area contributed by atoms with Crippen LogP contribution in [0.5, 0.6) is 0 Å². The number of nitrogens with one attached hydrogen (secondary N) is 1. The number of ether oxygens (including phenoxy) is 1. The van der Waals surface area contributed by atoms with Gasteiger partial charge in [0.15, 0.2) is 5.65 Å². The summed E-state index contributed by atoms with van der Waals surface area (Å²) in [6, 6.07) is 19.8. The summed E-state index contributed by atoms with van der Waals surface area (Å²) in [6.07, 6.45) is 4.08. The number of imidazole rings is 1. The summed E-state index contributed by atoms with van der Waals surface area (Å²) in [5.41, 5.74) is 10.2. The van der Waals surface area contributed by atoms with Crippen LogP contribution in [0, 0.1) is 0 Å². The van der Waals surface area contributed by atoms with Gasteiger partial charge in [0.1, 0.15) is 5.60 Å². The van der Waals surface area contributed by atoms with Crippen LogP contribution in [-0.2, 0) is 10.3 Å². The molecule has 1 aliphatic rings. The van der Waals surface area contributed by atoms with E-state index in [0.29, 0.717) is 15.7 Å². The van der Waals surface area contributed by atoms with Crippen molar-refractivity contribution in [3.05, 3.63) is 82.5 Å². The zero-order valence-electron chi connectivity index (χ0n) is 21.0. The zero-order valence-corrected chi connectivity index (χ0v) is 22.6. The summed E-state index contributed by atoms with van der Waals surface area (Å²) < 4.78 is 8.10. The summed E-state index contributed by atoms with van der Waals surface area (Å²) in [6.45, 7) is 5.58. The van der Waals surface area contributed by atoms with Gasteiger partial charge in [0, 0.05) is 17.3 Å². The Hall–Kier alpha value is -3.65. The molecule has 1 aliphatic carbocycles. The van der Waals surface area contributed by atoms with Crippen molar-refractivity contribution >= 4 is 33.6 Å². The fraction of sp³-hybridized carbons (Fsp3) is 0.276. The minimum atomic E-state index is -0.557. The Morgan fingerprint density at radius 3 is 2.30 bits per heavy atom. The average Bonchev–Trinajstić information content (AvgIpc) is 3.21. The van der Waals surface area contributed by atoms with E-state index in [-0.39, 0.29) is 0 Å². The molecule has 2 aromatic heterocycles. The number of carbonyl (C=O) groups excluding carboxylic acids is 2. The Morgan fingerprint density at radius 1 is 1.05 bits per heavy atom. The number of pyridine rings is 1. The Bertz CT molecular complexity index is 1480. The molecule has 4 aromatic rings. The molecule has 5 rings (SSSR count). The van der Waals surface area contributed by atoms with E-state index in [0.717, 1.165) is 47.3 Å². The van der Waals surface area contributed by atoms with Gasteiger partial charge in [0.2, 0.25) is 5.91 Å². The maximum atomic E-state index is 12.6. The molecular weight excluding hydrogens is 532 g/mol. The van der Waals surface area contributed by atoms with Crippen molar-refractivity contribution in [3.63, 3.8) is 0 Å². The number of primary amides is 1. The molecule has 2 amide bonds. The van der Waals surface area contributed by atoms with Gasteiger partial charge in [-0.05, 0) is 67.6 Å². The van der Waals surface area contributed by atoms with Crippen LogP contribution in [0.1, 0.15) is 56.0 Å². The lowest BCUT2D eigenvalue weighted by Crippen LogP contribution is -2.52. The van der Waals surface area contributed by atoms with E-state index in [9.17, 15) is 9.59 Å². The molecule has 1 saturated carbocycles. The molecule has 0 atom stereocenters. The molecule has 0 aliphatic heterocycles. The highest BCUT2D eigenvalue weighted by atomic mass is 79.9.